The number of fused-ring (bicyclic) bond motifs is 1. The van der Waals surface area contributed by atoms with E-state index in [1.807, 2.05) is 6.92 Å². The zero-order valence-electron chi connectivity index (χ0n) is 21.4. The summed E-state index contributed by atoms with van der Waals surface area (Å²) in [5, 5.41) is 1.76. The number of H-pyrrole nitrogens is 1. The van der Waals surface area contributed by atoms with Crippen LogP contribution >= 0.6 is 22.9 Å². The predicted octanol–water partition coefficient (Wildman–Crippen LogP) is 4.98. The van der Waals surface area contributed by atoms with E-state index in [2.05, 4.69) is 14.7 Å². The highest BCUT2D eigenvalue weighted by molar-refractivity contribution is 7.94. The molecule has 13 heteroatoms. The Morgan fingerprint density at radius 1 is 1.07 bits per heavy atom. The molecule has 3 aromatic heterocycles. The molecular weight excluding hydrogens is 577 g/mol. The summed E-state index contributed by atoms with van der Waals surface area (Å²) in [6.07, 6.45) is 1.82. The average molecular weight is 602 g/mol. The molecule has 5 aromatic rings. The second kappa shape index (κ2) is 11.4. The third-order valence-electron chi connectivity index (χ3n) is 6.34. The van der Waals surface area contributed by atoms with E-state index in [1.54, 1.807) is 47.8 Å². The van der Waals surface area contributed by atoms with E-state index < -0.39 is 27.1 Å². The molecule has 2 N–H and O–H groups in total. The first kappa shape index (κ1) is 27.8. The van der Waals surface area contributed by atoms with Crippen molar-refractivity contribution in [1.29, 1.82) is 0 Å². The summed E-state index contributed by atoms with van der Waals surface area (Å²) in [5.74, 6) is -0.0392. The fourth-order valence-corrected chi connectivity index (χ4v) is 7.06. The van der Waals surface area contributed by atoms with Crippen LogP contribution in [0.1, 0.15) is 36.7 Å². The Kier molecular flexibility index (Phi) is 7.92. The van der Waals surface area contributed by atoms with Crippen LogP contribution in [0.4, 0.5) is 10.1 Å². The standard InChI is InChI=1S/C27H25ClFN5O4S2/c1-2-3-13-33-24-23(25(35)34(27(33)36)16-18-6-4-5-7-21(18)29)30-22(31-24)15-17-8-10-19(11-9-17)32-40(37,38)26-20(28)12-14-39-26/h4-12,14,32H,2-3,13,15-16H2,1H3,(H,30,31). The molecule has 3 heterocycles. The molecule has 0 unspecified atom stereocenters. The summed E-state index contributed by atoms with van der Waals surface area (Å²) < 4.78 is 44.6. The van der Waals surface area contributed by atoms with Gasteiger partial charge in [0.2, 0.25) is 0 Å². The van der Waals surface area contributed by atoms with E-state index in [4.69, 9.17) is 11.6 Å². The van der Waals surface area contributed by atoms with Gasteiger partial charge in [-0.1, -0.05) is 55.3 Å². The molecule has 0 saturated carbocycles. The Labute approximate surface area is 238 Å². The molecule has 0 bridgehead atoms. The lowest BCUT2D eigenvalue weighted by molar-refractivity contribution is 0.553. The number of hydrogen-bond acceptors (Lipinski definition) is 6. The smallest absolute Gasteiger partial charge is 0.333 e. The summed E-state index contributed by atoms with van der Waals surface area (Å²) in [5.41, 5.74) is 0.689. The van der Waals surface area contributed by atoms with Crippen LogP contribution in [0.5, 0.6) is 0 Å². The Morgan fingerprint density at radius 2 is 1.82 bits per heavy atom. The lowest BCUT2D eigenvalue weighted by Crippen LogP contribution is -2.40. The summed E-state index contributed by atoms with van der Waals surface area (Å²) in [6.45, 7) is 2.15. The molecule has 5 rings (SSSR count). The van der Waals surface area contributed by atoms with Crippen molar-refractivity contribution in [3.63, 3.8) is 0 Å². The molecule has 0 atom stereocenters. The Balaban J connectivity index is 1.45. The molecule has 0 spiro atoms. The van der Waals surface area contributed by atoms with Crippen LogP contribution < -0.4 is 16.0 Å². The number of anilines is 1. The first-order valence-corrected chi connectivity index (χ1v) is 15.2. The molecule has 40 heavy (non-hydrogen) atoms. The average Bonchev–Trinajstić information content (AvgIpc) is 3.55. The van der Waals surface area contributed by atoms with E-state index in [0.29, 0.717) is 30.9 Å². The van der Waals surface area contributed by atoms with Gasteiger partial charge >= 0.3 is 5.69 Å². The van der Waals surface area contributed by atoms with Gasteiger partial charge in [0.25, 0.3) is 15.6 Å². The second-order valence-corrected chi connectivity index (χ2v) is 12.4. The molecule has 0 aliphatic rings. The highest BCUT2D eigenvalue weighted by Gasteiger charge is 2.20. The minimum atomic E-state index is -3.82. The first-order chi connectivity index (χ1) is 19.2. The number of aromatic nitrogens is 4. The molecule has 0 aliphatic heterocycles. The van der Waals surface area contributed by atoms with Crippen molar-refractivity contribution in [2.45, 2.75) is 43.5 Å². The van der Waals surface area contributed by atoms with Gasteiger partial charge in [-0.2, -0.15) is 0 Å². The zero-order chi connectivity index (χ0) is 28.4. The molecule has 208 valence electrons. The van der Waals surface area contributed by atoms with Gasteiger partial charge < -0.3 is 4.98 Å². The number of nitrogens with one attached hydrogen (secondary N) is 2. The van der Waals surface area contributed by atoms with Crippen LogP contribution in [0.3, 0.4) is 0 Å². The maximum atomic E-state index is 14.3. The molecular formula is C27H25ClFN5O4S2. The van der Waals surface area contributed by atoms with Gasteiger partial charge in [-0.15, -0.1) is 11.3 Å². The van der Waals surface area contributed by atoms with Gasteiger partial charge in [0.1, 0.15) is 17.2 Å². The van der Waals surface area contributed by atoms with Crippen LogP contribution in [0.25, 0.3) is 11.2 Å². The van der Waals surface area contributed by atoms with Gasteiger partial charge in [-0.25, -0.2) is 22.6 Å². The summed E-state index contributed by atoms with van der Waals surface area (Å²) >= 11 is 7.00. The minimum absolute atomic E-state index is 0.0373. The number of aromatic amines is 1. The van der Waals surface area contributed by atoms with Crippen molar-refractivity contribution in [2.24, 2.45) is 0 Å². The maximum absolute atomic E-state index is 14.3. The predicted molar refractivity (Wildman–Crippen MR) is 154 cm³/mol. The number of benzene rings is 2. The quantitative estimate of drug-likeness (QED) is 0.234. The Hall–Kier alpha value is -3.74. The topological polar surface area (TPSA) is 119 Å². The fraction of sp³-hybridized carbons (Fsp3) is 0.222. The fourth-order valence-electron chi connectivity index (χ4n) is 4.31. The monoisotopic (exact) mass is 601 g/mol. The van der Waals surface area contributed by atoms with E-state index in [9.17, 15) is 22.4 Å². The minimum Gasteiger partial charge on any atom is -0.336 e. The second-order valence-electron chi connectivity index (χ2n) is 9.19. The van der Waals surface area contributed by atoms with Gasteiger partial charge in [0, 0.05) is 24.2 Å². The highest BCUT2D eigenvalue weighted by atomic mass is 35.5. The van der Waals surface area contributed by atoms with E-state index in [-0.39, 0.29) is 32.5 Å². The Bertz CT molecular complexity index is 1910. The highest BCUT2D eigenvalue weighted by Crippen LogP contribution is 2.29. The van der Waals surface area contributed by atoms with Gasteiger partial charge in [0.15, 0.2) is 9.86 Å². The number of unbranched alkanes of at least 4 members (excludes halogenated alkanes) is 1. The third-order valence-corrected chi connectivity index (χ3v) is 9.74. The number of aryl methyl sites for hydroxylation is 1. The Morgan fingerprint density at radius 3 is 2.50 bits per heavy atom. The normalized spacial score (nSPS) is 11.8. The zero-order valence-corrected chi connectivity index (χ0v) is 23.7. The number of sulfonamides is 1. The number of imidazole rings is 1. The van der Waals surface area contributed by atoms with Crippen LogP contribution in [0.15, 0.2) is 73.8 Å². The van der Waals surface area contributed by atoms with Crippen LogP contribution in [-0.2, 0) is 29.5 Å². The van der Waals surface area contributed by atoms with Crippen molar-refractivity contribution in [3.05, 3.63) is 109 Å². The molecule has 0 aliphatic carbocycles. The summed E-state index contributed by atoms with van der Waals surface area (Å²) in [7, 11) is -3.82. The van der Waals surface area contributed by atoms with Crippen molar-refractivity contribution >= 4 is 49.8 Å². The van der Waals surface area contributed by atoms with Crippen LogP contribution in [-0.4, -0.2) is 27.5 Å². The molecule has 9 nitrogen and oxygen atoms in total. The van der Waals surface area contributed by atoms with Crippen molar-refractivity contribution in [2.75, 3.05) is 4.72 Å². The lowest BCUT2D eigenvalue weighted by atomic mass is 10.1. The number of thiophene rings is 1. The molecule has 0 amide bonds. The summed E-state index contributed by atoms with van der Waals surface area (Å²) in [6, 6.07) is 14.3. The van der Waals surface area contributed by atoms with Gasteiger partial charge in [0.05, 0.1) is 11.6 Å². The molecule has 2 aromatic carbocycles. The number of rotatable bonds is 10. The van der Waals surface area contributed by atoms with Crippen molar-refractivity contribution in [1.82, 2.24) is 19.1 Å². The molecule has 0 saturated heterocycles. The SMILES string of the molecule is CCCCn1c(=O)n(Cc2ccccc2F)c(=O)c2[nH]c(Cc3ccc(NS(=O)(=O)c4sccc4Cl)cc3)nc21. The number of nitrogens with zero attached hydrogens (tertiary/aromatic N) is 3. The first-order valence-electron chi connectivity index (χ1n) is 12.5. The van der Waals surface area contributed by atoms with Crippen LogP contribution in [0.2, 0.25) is 5.02 Å². The van der Waals surface area contributed by atoms with Crippen molar-refractivity contribution < 1.29 is 12.8 Å². The largest absolute Gasteiger partial charge is 0.336 e. The van der Waals surface area contributed by atoms with Gasteiger partial charge in [-0.05, 0) is 41.6 Å². The molecule has 0 fully saturated rings. The van der Waals surface area contributed by atoms with E-state index in [0.717, 1.165) is 27.9 Å². The maximum Gasteiger partial charge on any atom is 0.333 e. The third kappa shape index (κ3) is 5.60. The van der Waals surface area contributed by atoms with Crippen LogP contribution in [0, 0.1) is 5.82 Å². The van der Waals surface area contributed by atoms with Gasteiger partial charge in [-0.3, -0.25) is 18.7 Å². The summed E-state index contributed by atoms with van der Waals surface area (Å²) in [4.78, 5) is 34.3. The van der Waals surface area contributed by atoms with Crippen molar-refractivity contribution in [3.8, 4) is 0 Å². The van der Waals surface area contributed by atoms with E-state index in [1.165, 1.54) is 16.7 Å². The number of hydrogen-bond donors (Lipinski definition) is 2. The number of halogens is 2. The van der Waals surface area contributed by atoms with E-state index >= 15 is 0 Å². The lowest BCUT2D eigenvalue weighted by Gasteiger charge is -2.11. The molecule has 0 radical (unpaired) electrons.